The van der Waals surface area contributed by atoms with E-state index >= 15 is 0 Å². The number of hydrogen-bond acceptors (Lipinski definition) is 4. The van der Waals surface area contributed by atoms with Gasteiger partial charge in [-0.15, -0.1) is 0 Å². The number of benzene rings is 19. The number of fused-ring (bicyclic) bond motifs is 20. The average molecular weight is 1670 g/mol. The Kier molecular flexibility index (Phi) is 19.9. The highest BCUT2D eigenvalue weighted by Crippen LogP contribution is 2.56. The summed E-state index contributed by atoms with van der Waals surface area (Å²) in [5.74, 6) is 0. The Labute approximate surface area is 761 Å². The summed E-state index contributed by atoms with van der Waals surface area (Å²) in [6.07, 6.45) is 0. The minimum absolute atomic E-state index is 0.0149. The van der Waals surface area contributed by atoms with E-state index in [2.05, 4.69) is 517 Å². The molecule has 628 valence electrons. The molecule has 0 saturated heterocycles. The fourth-order valence-electron chi connectivity index (χ4n) is 21.9. The van der Waals surface area contributed by atoms with Crippen molar-refractivity contribution in [3.63, 3.8) is 0 Å². The molecule has 0 spiro atoms. The molecule has 0 bridgehead atoms. The minimum atomic E-state index is 0.0149. The molecule has 0 atom stereocenters. The van der Waals surface area contributed by atoms with Crippen molar-refractivity contribution in [1.29, 1.82) is 0 Å². The third-order valence-corrected chi connectivity index (χ3v) is 29.6. The quantitative estimate of drug-likeness (QED) is 0.127. The first kappa shape index (κ1) is 81.5. The van der Waals surface area contributed by atoms with Crippen molar-refractivity contribution in [3.05, 3.63) is 456 Å². The molecular formula is C125H108N4. The van der Waals surface area contributed by atoms with Gasteiger partial charge in [-0.3, -0.25) is 0 Å². The van der Waals surface area contributed by atoms with E-state index in [4.69, 9.17) is 0 Å². The first-order chi connectivity index (χ1) is 62.4. The molecule has 0 amide bonds. The zero-order valence-electron chi connectivity index (χ0n) is 76.4. The summed E-state index contributed by atoms with van der Waals surface area (Å²) in [6, 6.07) is 147. The van der Waals surface area contributed by atoms with E-state index in [9.17, 15) is 0 Å². The summed E-state index contributed by atoms with van der Waals surface area (Å²) in [4.78, 5) is 9.20. The molecule has 0 fully saturated rings. The first-order valence-electron chi connectivity index (χ1n) is 45.7. The Morgan fingerprint density at radius 3 is 0.767 bits per heavy atom. The van der Waals surface area contributed by atoms with E-state index < -0.39 is 0 Å². The molecule has 4 heteroatoms. The number of nitrogens with zero attached hydrogens (tertiary/aromatic N) is 4. The van der Waals surface area contributed by atoms with Crippen LogP contribution in [0.4, 0.5) is 45.5 Å². The maximum Gasteiger partial charge on any atom is 0.0414 e. The second kappa shape index (κ2) is 31.5. The van der Waals surface area contributed by atoms with Crippen LogP contribution in [0.3, 0.4) is 0 Å². The van der Waals surface area contributed by atoms with Gasteiger partial charge in [0, 0.05) is 101 Å². The van der Waals surface area contributed by atoms with Gasteiger partial charge in [-0.1, -0.05) is 366 Å². The fraction of sp³-hybridized carbons (Fsp3) is 0.152. The van der Waals surface area contributed by atoms with Crippen LogP contribution in [0.5, 0.6) is 0 Å². The second-order valence-corrected chi connectivity index (χ2v) is 38.6. The van der Waals surface area contributed by atoms with Crippen LogP contribution < -0.4 is 19.6 Å². The van der Waals surface area contributed by atoms with Gasteiger partial charge in [0.2, 0.25) is 0 Å². The topological polar surface area (TPSA) is 13.0 Å². The Balaban J connectivity index is 0.000000104. The van der Waals surface area contributed by atoms with Gasteiger partial charge in [0.15, 0.2) is 0 Å². The van der Waals surface area contributed by atoms with E-state index in [1.165, 1.54) is 222 Å². The van der Waals surface area contributed by atoms with E-state index in [1.807, 2.05) is 0 Å². The highest BCUT2D eigenvalue weighted by molar-refractivity contribution is 6.09. The first-order valence-corrected chi connectivity index (χ1v) is 45.7. The van der Waals surface area contributed by atoms with Crippen molar-refractivity contribution in [2.45, 2.75) is 96.3 Å². The zero-order valence-corrected chi connectivity index (χ0v) is 76.4. The molecule has 0 aromatic heterocycles. The van der Waals surface area contributed by atoms with E-state index in [0.717, 1.165) is 0 Å². The molecule has 5 aliphatic carbocycles. The van der Waals surface area contributed by atoms with Crippen LogP contribution in [0.1, 0.15) is 125 Å². The molecule has 5 aliphatic rings. The van der Waals surface area contributed by atoms with E-state index in [1.54, 1.807) is 0 Å². The second-order valence-electron chi connectivity index (χ2n) is 38.6. The van der Waals surface area contributed by atoms with Gasteiger partial charge in [0.1, 0.15) is 0 Å². The number of rotatable bonds is 10. The molecule has 19 aromatic rings. The highest BCUT2D eigenvalue weighted by Gasteiger charge is 2.41. The standard InChI is InChI=1S/2C32H27N.C31H29N.C30H25N/c1-32(2)30-14-7-6-12-28(30)29-20-19-25(21-31(29)32)33(3)24-17-15-23(16-18-24)27-13-8-10-22-9-4-5-11-26(22)27;1-32(2)30-11-7-6-10-28(30)29-19-18-27(21-31(29)32)33(3)26-16-14-23(15-17-26)25-13-12-22-8-4-5-9-24(22)20-25;1-30(2)26-12-8-6-10-22(26)24-16-14-20(18-28(24)30)32(5)21-15-17-25-23-11-7-9-13-27(23)31(3,4)29(25)19-21;1-30(2)28-11-7-6-10-26(28)27-17-15-23(19-29(27)30)31(3)22-14-16-25-21(18-22)13-12-20-8-4-5-9-24(20)25/h2*4-21H,1-3H3;6-19H,1-5H3;4-19H,1-3H3. The van der Waals surface area contributed by atoms with Crippen LogP contribution in [0.15, 0.2) is 400 Å². The molecule has 0 aliphatic heterocycles. The summed E-state index contributed by atoms with van der Waals surface area (Å²) >= 11 is 0. The summed E-state index contributed by atoms with van der Waals surface area (Å²) < 4.78 is 0. The fourth-order valence-corrected chi connectivity index (χ4v) is 21.9. The van der Waals surface area contributed by atoms with Crippen LogP contribution >= 0.6 is 0 Å². The monoisotopic (exact) mass is 1660 g/mol. The predicted molar refractivity (Wildman–Crippen MR) is 553 cm³/mol. The van der Waals surface area contributed by atoms with Gasteiger partial charge in [-0.25, -0.2) is 0 Å². The van der Waals surface area contributed by atoms with Crippen LogP contribution in [-0.4, -0.2) is 28.2 Å². The van der Waals surface area contributed by atoms with Crippen LogP contribution in [0.25, 0.3) is 121 Å². The van der Waals surface area contributed by atoms with E-state index in [-0.39, 0.29) is 27.1 Å². The number of anilines is 8. The van der Waals surface area contributed by atoms with Crippen molar-refractivity contribution < 1.29 is 0 Å². The van der Waals surface area contributed by atoms with Gasteiger partial charge in [-0.05, 0) is 280 Å². The Morgan fingerprint density at radius 1 is 0.140 bits per heavy atom. The summed E-state index contributed by atoms with van der Waals surface area (Å²) in [6.45, 7) is 23.4. The minimum Gasteiger partial charge on any atom is -0.345 e. The predicted octanol–water partition coefficient (Wildman–Crippen LogP) is 33.3. The maximum atomic E-state index is 2.39. The number of hydrogen-bond donors (Lipinski definition) is 0. The molecule has 4 nitrogen and oxygen atoms in total. The third kappa shape index (κ3) is 13.8. The van der Waals surface area contributed by atoms with Gasteiger partial charge < -0.3 is 19.6 Å². The Bertz CT molecular complexity index is 7540. The SMILES string of the molecule is CN(c1ccc(-c2ccc3ccccc3c2)cc1)c1ccc2c(c1)C(C)(C)c1ccccc1-2.CN(c1ccc(-c2cccc3ccccc23)cc1)c1ccc2c(c1)C(C)(C)c1ccccc1-2.CN(c1ccc2c(c1)C(C)(C)c1ccccc1-2)c1ccc2c(c1)C(C)(C)c1ccccc1-2.CN(c1ccc2c(c1)C(C)(C)c1ccccc1-2)c1ccc2c(ccc3ccccc32)c1. The van der Waals surface area contributed by atoms with Crippen molar-refractivity contribution in [2.75, 3.05) is 47.8 Å². The van der Waals surface area contributed by atoms with Crippen molar-refractivity contribution >= 4 is 88.6 Å². The Morgan fingerprint density at radius 2 is 0.380 bits per heavy atom. The largest absolute Gasteiger partial charge is 0.345 e. The Hall–Kier alpha value is -14.6. The summed E-state index contributed by atoms with van der Waals surface area (Å²) in [5, 5.41) is 10.3. The lowest BCUT2D eigenvalue weighted by molar-refractivity contribution is 0.659. The van der Waals surface area contributed by atoms with Crippen LogP contribution in [0.2, 0.25) is 0 Å². The smallest absolute Gasteiger partial charge is 0.0414 e. The van der Waals surface area contributed by atoms with Crippen molar-refractivity contribution in [2.24, 2.45) is 0 Å². The van der Waals surface area contributed by atoms with Crippen LogP contribution in [0, 0.1) is 0 Å². The summed E-state index contributed by atoms with van der Waals surface area (Å²) in [5.41, 5.74) is 42.6. The zero-order chi connectivity index (χ0) is 88.6. The molecule has 0 saturated carbocycles. The van der Waals surface area contributed by atoms with Gasteiger partial charge >= 0.3 is 0 Å². The molecule has 0 radical (unpaired) electrons. The molecular weight excluding hydrogens is 1560 g/mol. The van der Waals surface area contributed by atoms with Gasteiger partial charge in [0.25, 0.3) is 0 Å². The summed E-state index contributed by atoms with van der Waals surface area (Å²) in [7, 11) is 8.66. The van der Waals surface area contributed by atoms with E-state index in [0.29, 0.717) is 0 Å². The van der Waals surface area contributed by atoms with Crippen molar-refractivity contribution in [1.82, 2.24) is 0 Å². The van der Waals surface area contributed by atoms with Crippen LogP contribution in [-0.2, 0) is 27.1 Å². The van der Waals surface area contributed by atoms with Gasteiger partial charge in [-0.2, -0.15) is 0 Å². The molecule has 0 unspecified atom stereocenters. The van der Waals surface area contributed by atoms with Gasteiger partial charge in [0.05, 0.1) is 0 Å². The lowest BCUT2D eigenvalue weighted by atomic mass is 9.82. The van der Waals surface area contributed by atoms with Crippen molar-refractivity contribution in [3.8, 4) is 77.9 Å². The molecule has 19 aromatic carbocycles. The lowest BCUT2D eigenvalue weighted by Gasteiger charge is -2.27. The lowest BCUT2D eigenvalue weighted by Crippen LogP contribution is -2.17. The average Bonchev–Trinajstić information content (AvgIpc) is 1.60. The maximum absolute atomic E-state index is 2.39. The molecule has 129 heavy (non-hydrogen) atoms. The highest BCUT2D eigenvalue weighted by atomic mass is 15.1. The normalized spacial score (nSPS) is 14.3. The molecule has 0 N–H and O–H groups in total. The third-order valence-electron chi connectivity index (χ3n) is 29.6. The molecule has 0 heterocycles. The molecule has 24 rings (SSSR count).